The van der Waals surface area contributed by atoms with Crippen molar-refractivity contribution in [3.05, 3.63) is 80.5 Å². The molecule has 0 aromatic carbocycles. The number of hydrogen-bond donors (Lipinski definition) is 0. The average Bonchev–Trinajstić information content (AvgIpc) is 2.68. The maximum Gasteiger partial charge on any atom is 0.261 e. The molecule has 1 heterocycles. The highest BCUT2D eigenvalue weighted by Gasteiger charge is 2.26. The van der Waals surface area contributed by atoms with E-state index >= 15 is 0 Å². The van der Waals surface area contributed by atoms with E-state index in [1.165, 1.54) is 17.2 Å². The summed E-state index contributed by atoms with van der Waals surface area (Å²) in [5.74, 6) is 1.23. The van der Waals surface area contributed by atoms with Gasteiger partial charge in [0.1, 0.15) is 13.1 Å². The van der Waals surface area contributed by atoms with Crippen LogP contribution in [0.2, 0.25) is 0 Å². The molecule has 0 saturated carbocycles. The molecule has 0 aliphatic carbocycles. The minimum Gasteiger partial charge on any atom is -0.227 e. The average molecular weight is 269 g/mol. The molecule has 0 aliphatic heterocycles. The molecule has 0 atom stereocenters. The molecular weight excluding hydrogens is 244 g/mol. The molecular formula is C18H25N2+. The largest absolute Gasteiger partial charge is 0.261 e. The van der Waals surface area contributed by atoms with E-state index in [9.17, 15) is 0 Å². The van der Waals surface area contributed by atoms with Gasteiger partial charge in [-0.25, -0.2) is 9.13 Å². The first-order valence-electron chi connectivity index (χ1n) is 6.92. The molecule has 0 amide bonds. The van der Waals surface area contributed by atoms with E-state index in [1.54, 1.807) is 0 Å². The van der Waals surface area contributed by atoms with Crippen LogP contribution in [0, 0.1) is 0 Å². The second-order valence-electron chi connectivity index (χ2n) is 4.59. The molecule has 2 heteroatoms. The van der Waals surface area contributed by atoms with Crippen molar-refractivity contribution in [3.8, 4) is 0 Å². The number of imidazole rings is 1. The van der Waals surface area contributed by atoms with E-state index in [-0.39, 0.29) is 0 Å². The fraction of sp³-hybridized carbons (Fsp3) is 0.278. The quantitative estimate of drug-likeness (QED) is 0.455. The second-order valence-corrected chi connectivity index (χ2v) is 4.59. The first kappa shape index (κ1) is 16.0. The van der Waals surface area contributed by atoms with Crippen LogP contribution in [0.1, 0.15) is 17.2 Å². The first-order chi connectivity index (χ1) is 9.74. The lowest BCUT2D eigenvalue weighted by atomic mass is 10.2. The summed E-state index contributed by atoms with van der Waals surface area (Å²) in [6.07, 6.45) is 12.2. The Morgan fingerprint density at radius 3 is 1.95 bits per heavy atom. The normalized spacial score (nSPS) is 10.0. The highest BCUT2D eigenvalue weighted by molar-refractivity contribution is 5.18. The molecule has 2 nitrogen and oxygen atoms in total. The van der Waals surface area contributed by atoms with Crippen LogP contribution in [0.3, 0.4) is 0 Å². The Kier molecular flexibility index (Phi) is 6.51. The summed E-state index contributed by atoms with van der Waals surface area (Å²) < 4.78 is 4.61. The Labute approximate surface area is 122 Å². The third-order valence-corrected chi connectivity index (χ3v) is 3.23. The zero-order valence-electron chi connectivity index (χ0n) is 12.4. The lowest BCUT2D eigenvalue weighted by molar-refractivity contribution is -0.700. The van der Waals surface area contributed by atoms with E-state index in [0.717, 1.165) is 32.4 Å². The SMILES string of the molecule is C=CCc1c(CC=C)[n+](CC=C)c(CC=C)n1CC=C. The van der Waals surface area contributed by atoms with Crippen LogP contribution in [0.4, 0.5) is 0 Å². The molecule has 0 fully saturated rings. The van der Waals surface area contributed by atoms with Crippen LogP contribution >= 0.6 is 0 Å². The van der Waals surface area contributed by atoms with E-state index in [2.05, 4.69) is 42.0 Å². The van der Waals surface area contributed by atoms with Gasteiger partial charge in [0.05, 0.1) is 6.42 Å². The minimum absolute atomic E-state index is 0.792. The van der Waals surface area contributed by atoms with Crippen LogP contribution in [-0.2, 0) is 32.4 Å². The van der Waals surface area contributed by atoms with Crippen LogP contribution in [0.15, 0.2) is 63.3 Å². The minimum atomic E-state index is 0.792. The van der Waals surface area contributed by atoms with Crippen molar-refractivity contribution in [1.29, 1.82) is 0 Å². The molecule has 0 radical (unpaired) electrons. The Balaban J connectivity index is 3.56. The molecule has 1 aromatic heterocycles. The summed E-state index contributed by atoms with van der Waals surface area (Å²) >= 11 is 0. The van der Waals surface area contributed by atoms with Crippen molar-refractivity contribution >= 4 is 0 Å². The predicted octanol–water partition coefficient (Wildman–Crippen LogP) is 3.33. The van der Waals surface area contributed by atoms with Crippen molar-refractivity contribution in [3.63, 3.8) is 0 Å². The van der Waals surface area contributed by atoms with Gasteiger partial charge in [-0.1, -0.05) is 43.5 Å². The molecule has 0 aliphatic rings. The molecule has 0 spiro atoms. The number of nitrogens with zero attached hydrogens (tertiary/aromatic N) is 2. The topological polar surface area (TPSA) is 8.81 Å². The van der Waals surface area contributed by atoms with Gasteiger partial charge in [0.2, 0.25) is 0 Å². The maximum absolute atomic E-state index is 3.87. The van der Waals surface area contributed by atoms with Crippen LogP contribution in [0.25, 0.3) is 0 Å². The second kappa shape index (κ2) is 8.16. The maximum atomic E-state index is 3.87. The zero-order chi connectivity index (χ0) is 15.0. The molecule has 0 unspecified atom stereocenters. The molecule has 1 rings (SSSR count). The van der Waals surface area contributed by atoms with E-state index in [1.807, 2.05) is 30.4 Å². The summed E-state index contributed by atoms with van der Waals surface area (Å²) in [6, 6.07) is 0. The lowest BCUT2D eigenvalue weighted by Crippen LogP contribution is -2.40. The summed E-state index contributed by atoms with van der Waals surface area (Å²) in [7, 11) is 0. The standard InChI is InChI=1S/C18H25N2/c1-6-11-16-17(12-7-2)20(15-10-5)18(13-8-3)19(16)14-9-4/h6-10H,1-5,11-15H2/q+1. The van der Waals surface area contributed by atoms with Gasteiger partial charge in [-0.05, 0) is 0 Å². The van der Waals surface area contributed by atoms with Crippen molar-refractivity contribution in [2.45, 2.75) is 32.4 Å². The number of rotatable bonds is 10. The monoisotopic (exact) mass is 269 g/mol. The Hall–Kier alpha value is -2.09. The van der Waals surface area contributed by atoms with Crippen LogP contribution in [0.5, 0.6) is 0 Å². The molecule has 20 heavy (non-hydrogen) atoms. The van der Waals surface area contributed by atoms with Crippen molar-refractivity contribution < 1.29 is 4.57 Å². The van der Waals surface area contributed by atoms with Gasteiger partial charge in [-0.3, -0.25) is 0 Å². The fourth-order valence-corrected chi connectivity index (χ4v) is 2.54. The van der Waals surface area contributed by atoms with Crippen molar-refractivity contribution in [2.75, 3.05) is 0 Å². The summed E-state index contributed by atoms with van der Waals surface area (Å²) in [4.78, 5) is 0. The van der Waals surface area contributed by atoms with Gasteiger partial charge in [-0.15, -0.1) is 19.7 Å². The lowest BCUT2D eigenvalue weighted by Gasteiger charge is -2.01. The van der Waals surface area contributed by atoms with Gasteiger partial charge in [0, 0.05) is 12.8 Å². The zero-order valence-corrected chi connectivity index (χ0v) is 12.4. The van der Waals surface area contributed by atoms with Gasteiger partial charge in [0.15, 0.2) is 11.4 Å². The van der Waals surface area contributed by atoms with Crippen molar-refractivity contribution in [2.24, 2.45) is 0 Å². The van der Waals surface area contributed by atoms with Gasteiger partial charge in [-0.2, -0.15) is 0 Å². The highest BCUT2D eigenvalue weighted by Crippen LogP contribution is 2.15. The molecule has 1 aromatic rings. The van der Waals surface area contributed by atoms with Gasteiger partial charge in [0.25, 0.3) is 5.82 Å². The number of hydrogen-bond acceptors (Lipinski definition) is 0. The van der Waals surface area contributed by atoms with E-state index < -0.39 is 0 Å². The Morgan fingerprint density at radius 2 is 1.45 bits per heavy atom. The van der Waals surface area contributed by atoms with Crippen LogP contribution < -0.4 is 4.57 Å². The van der Waals surface area contributed by atoms with E-state index in [4.69, 9.17) is 0 Å². The molecule has 0 N–H and O–H groups in total. The molecule has 106 valence electrons. The molecule has 0 saturated heterocycles. The van der Waals surface area contributed by atoms with Crippen molar-refractivity contribution in [1.82, 2.24) is 4.57 Å². The summed E-state index contributed by atoms with van der Waals surface area (Å²) in [5, 5.41) is 0. The summed E-state index contributed by atoms with van der Waals surface area (Å²) in [6.45, 7) is 20.9. The predicted molar refractivity (Wildman–Crippen MR) is 86.7 cm³/mol. The van der Waals surface area contributed by atoms with Crippen LogP contribution in [-0.4, -0.2) is 4.57 Å². The fourth-order valence-electron chi connectivity index (χ4n) is 2.54. The number of aromatic nitrogens is 2. The van der Waals surface area contributed by atoms with Gasteiger partial charge >= 0.3 is 0 Å². The molecule has 0 bridgehead atoms. The third kappa shape index (κ3) is 3.27. The number of allylic oxidation sites excluding steroid dienone is 5. The van der Waals surface area contributed by atoms with Gasteiger partial charge < -0.3 is 0 Å². The van der Waals surface area contributed by atoms with E-state index in [0.29, 0.717) is 0 Å². The summed E-state index contributed by atoms with van der Waals surface area (Å²) in [5.41, 5.74) is 2.55. The smallest absolute Gasteiger partial charge is 0.227 e. The Bertz CT molecular complexity index is 391. The third-order valence-electron chi connectivity index (χ3n) is 3.23. The highest BCUT2D eigenvalue weighted by atomic mass is 15.2. The Morgan fingerprint density at radius 1 is 0.800 bits per heavy atom. The first-order valence-corrected chi connectivity index (χ1v) is 6.92.